The van der Waals surface area contributed by atoms with Crippen LogP contribution >= 0.6 is 0 Å². The molecule has 6 nitrogen and oxygen atoms in total. The second-order valence-corrected chi connectivity index (χ2v) is 19.2. The van der Waals surface area contributed by atoms with E-state index in [4.69, 9.17) is 14.2 Å². The molecule has 1 atom stereocenters. The fourth-order valence-corrected chi connectivity index (χ4v) is 7.83. The van der Waals surface area contributed by atoms with Crippen LogP contribution in [0.4, 0.5) is 0 Å². The Morgan fingerprint density at radius 1 is 0.296 bits per heavy atom. The topological polar surface area (TPSA) is 78.9 Å². The largest absolute Gasteiger partial charge is 0.462 e. The van der Waals surface area contributed by atoms with Crippen molar-refractivity contribution in [2.45, 2.75) is 271 Å². The van der Waals surface area contributed by atoms with Gasteiger partial charge in [0.1, 0.15) is 13.2 Å². The van der Waals surface area contributed by atoms with Gasteiger partial charge in [-0.1, -0.05) is 233 Å². The number of esters is 3. The smallest absolute Gasteiger partial charge is 0.306 e. The molecule has 404 valence electrons. The van der Waals surface area contributed by atoms with E-state index >= 15 is 0 Å². The Morgan fingerprint density at radius 3 is 0.944 bits per heavy atom. The van der Waals surface area contributed by atoms with Gasteiger partial charge in [-0.15, -0.1) is 0 Å². The minimum atomic E-state index is -0.820. The van der Waals surface area contributed by atoms with E-state index in [1.54, 1.807) is 0 Å². The first-order valence-corrected chi connectivity index (χ1v) is 29.4. The molecule has 0 aliphatic rings. The molecular weight excluding hydrogens is 877 g/mol. The van der Waals surface area contributed by atoms with E-state index in [0.717, 1.165) is 103 Å². The van der Waals surface area contributed by atoms with Crippen molar-refractivity contribution in [3.8, 4) is 0 Å². The van der Waals surface area contributed by atoms with Gasteiger partial charge in [-0.05, 0) is 122 Å². The molecule has 0 rings (SSSR count). The second kappa shape index (κ2) is 58.6. The van der Waals surface area contributed by atoms with Gasteiger partial charge < -0.3 is 14.2 Å². The quantitative estimate of drug-likeness (QED) is 0.0261. The fourth-order valence-electron chi connectivity index (χ4n) is 7.83. The summed E-state index contributed by atoms with van der Waals surface area (Å²) in [6.45, 7) is 6.43. The zero-order chi connectivity index (χ0) is 51.4. The van der Waals surface area contributed by atoms with Gasteiger partial charge in [-0.25, -0.2) is 0 Å². The maximum atomic E-state index is 12.8. The number of carbonyl (C=O) groups is 3. The summed E-state index contributed by atoms with van der Waals surface area (Å²) in [4.78, 5) is 38.2. The van der Waals surface area contributed by atoms with Crippen LogP contribution in [0.15, 0.2) is 109 Å². The van der Waals surface area contributed by atoms with Gasteiger partial charge >= 0.3 is 17.9 Å². The number of unbranched alkanes of at least 4 members (excludes halogenated alkanes) is 23. The van der Waals surface area contributed by atoms with Crippen LogP contribution in [0.1, 0.15) is 265 Å². The first-order valence-electron chi connectivity index (χ1n) is 29.4. The van der Waals surface area contributed by atoms with Crippen molar-refractivity contribution in [2.75, 3.05) is 13.2 Å². The van der Waals surface area contributed by atoms with Crippen molar-refractivity contribution < 1.29 is 28.6 Å². The molecule has 0 aromatic carbocycles. The van der Waals surface area contributed by atoms with Crippen LogP contribution < -0.4 is 0 Å². The van der Waals surface area contributed by atoms with Gasteiger partial charge in [0, 0.05) is 19.3 Å². The molecule has 0 amide bonds. The Morgan fingerprint density at radius 2 is 0.563 bits per heavy atom. The van der Waals surface area contributed by atoms with E-state index in [9.17, 15) is 14.4 Å². The van der Waals surface area contributed by atoms with Crippen LogP contribution in [-0.2, 0) is 28.6 Å². The molecule has 0 spiro atoms. The fraction of sp³-hybridized carbons (Fsp3) is 0.677. The van der Waals surface area contributed by atoms with Gasteiger partial charge in [0.25, 0.3) is 0 Å². The molecule has 71 heavy (non-hydrogen) atoms. The van der Waals surface area contributed by atoms with Gasteiger partial charge in [0.15, 0.2) is 6.10 Å². The summed E-state index contributed by atoms with van der Waals surface area (Å²) < 4.78 is 16.8. The van der Waals surface area contributed by atoms with Gasteiger partial charge in [-0.3, -0.25) is 14.4 Å². The Balaban J connectivity index is 4.51. The molecule has 0 bridgehead atoms. The standard InChI is InChI=1S/C65H108O6/c1-4-7-10-13-16-19-22-25-28-31-32-35-37-40-43-46-49-52-55-58-64(67)70-61-62(71-65(68)59-56-53-50-47-44-41-38-34-30-27-24-21-18-15-12-9-6-3)60-69-63(66)57-54-51-48-45-42-39-36-33-29-26-23-20-17-14-11-8-5-2/h9,12,17-18,20-21,25-30,36,38-39,41,47,50,62H,4-8,10-11,13-16,19,22-24,31-35,37,40,42-46,48-49,51-61H2,1-3H3/b12-9+,20-17+,21-18+,28-25+,29-26+,30-27+,39-36+,41-38+,50-47+/t62-/m1/s1. The van der Waals surface area contributed by atoms with E-state index in [1.165, 1.54) is 116 Å². The molecule has 6 heteroatoms. The molecule has 0 unspecified atom stereocenters. The lowest BCUT2D eigenvalue weighted by Gasteiger charge is -2.18. The highest BCUT2D eigenvalue weighted by Crippen LogP contribution is 2.14. The van der Waals surface area contributed by atoms with Gasteiger partial charge in [0.05, 0.1) is 0 Å². The van der Waals surface area contributed by atoms with E-state index in [0.29, 0.717) is 19.3 Å². The molecule has 0 aliphatic carbocycles. The predicted octanol–water partition coefficient (Wildman–Crippen LogP) is 19.9. The Bertz CT molecular complexity index is 1460. The maximum Gasteiger partial charge on any atom is 0.306 e. The number of hydrogen-bond donors (Lipinski definition) is 0. The Labute approximate surface area is 438 Å². The average molecular weight is 986 g/mol. The van der Waals surface area contributed by atoms with Crippen LogP contribution in [-0.4, -0.2) is 37.2 Å². The maximum absolute atomic E-state index is 12.8. The zero-order valence-corrected chi connectivity index (χ0v) is 46.2. The molecule has 0 aliphatic heterocycles. The number of allylic oxidation sites excluding steroid dienone is 18. The molecule has 0 N–H and O–H groups in total. The van der Waals surface area contributed by atoms with Crippen molar-refractivity contribution in [1.29, 1.82) is 0 Å². The van der Waals surface area contributed by atoms with Crippen LogP contribution in [0.25, 0.3) is 0 Å². The number of rotatable bonds is 52. The summed E-state index contributed by atoms with van der Waals surface area (Å²) in [6.07, 6.45) is 79.4. The summed E-state index contributed by atoms with van der Waals surface area (Å²) in [5.74, 6) is -0.992. The molecule has 0 heterocycles. The third-order valence-corrected chi connectivity index (χ3v) is 12.2. The highest BCUT2D eigenvalue weighted by atomic mass is 16.6. The molecule has 0 aromatic heterocycles. The molecule has 0 fully saturated rings. The molecule has 0 saturated heterocycles. The summed E-state index contributed by atoms with van der Waals surface area (Å²) >= 11 is 0. The molecule has 0 radical (unpaired) electrons. The number of ether oxygens (including phenoxy) is 3. The van der Waals surface area contributed by atoms with Crippen molar-refractivity contribution in [3.05, 3.63) is 109 Å². The number of carbonyl (C=O) groups excluding carboxylic acids is 3. The van der Waals surface area contributed by atoms with Crippen LogP contribution in [0, 0.1) is 0 Å². The van der Waals surface area contributed by atoms with Crippen molar-refractivity contribution in [3.63, 3.8) is 0 Å². The monoisotopic (exact) mass is 985 g/mol. The lowest BCUT2D eigenvalue weighted by atomic mass is 10.1. The average Bonchev–Trinajstić information content (AvgIpc) is 3.37. The summed E-state index contributed by atoms with van der Waals surface area (Å²) in [7, 11) is 0. The third-order valence-electron chi connectivity index (χ3n) is 12.2. The summed E-state index contributed by atoms with van der Waals surface area (Å²) in [5, 5.41) is 0. The van der Waals surface area contributed by atoms with Crippen molar-refractivity contribution in [2.24, 2.45) is 0 Å². The highest BCUT2D eigenvalue weighted by molar-refractivity contribution is 5.71. The first-order chi connectivity index (χ1) is 35.0. The minimum Gasteiger partial charge on any atom is -0.462 e. The molecule has 0 aromatic rings. The van der Waals surface area contributed by atoms with Crippen LogP contribution in [0.2, 0.25) is 0 Å². The molecular formula is C65H108O6. The van der Waals surface area contributed by atoms with Crippen molar-refractivity contribution >= 4 is 17.9 Å². The van der Waals surface area contributed by atoms with Crippen LogP contribution in [0.5, 0.6) is 0 Å². The van der Waals surface area contributed by atoms with Gasteiger partial charge in [0.2, 0.25) is 0 Å². The Kier molecular flexibility index (Phi) is 55.4. The summed E-state index contributed by atoms with van der Waals surface area (Å²) in [5.41, 5.74) is 0. The van der Waals surface area contributed by atoms with E-state index in [2.05, 4.69) is 130 Å². The van der Waals surface area contributed by atoms with Crippen molar-refractivity contribution in [1.82, 2.24) is 0 Å². The summed E-state index contributed by atoms with van der Waals surface area (Å²) in [6, 6.07) is 0. The normalized spacial score (nSPS) is 12.9. The van der Waals surface area contributed by atoms with E-state index in [1.807, 2.05) is 0 Å². The third kappa shape index (κ3) is 56.9. The SMILES string of the molecule is CC/C=C/C/C=C/C/C=C/C/C=C/C/C=C/CCCC(=O)O[C@H](COC(=O)CCCCCC/C=C/C/C=C/C/C=C/CCCCC)COC(=O)CCCCCCCCCCC/C=C/CCCCCCCC. The lowest BCUT2D eigenvalue weighted by molar-refractivity contribution is -0.167. The lowest BCUT2D eigenvalue weighted by Crippen LogP contribution is -2.30. The van der Waals surface area contributed by atoms with E-state index < -0.39 is 6.10 Å². The predicted molar refractivity (Wildman–Crippen MR) is 307 cm³/mol. The van der Waals surface area contributed by atoms with Crippen LogP contribution in [0.3, 0.4) is 0 Å². The first kappa shape index (κ1) is 67.1. The van der Waals surface area contributed by atoms with E-state index in [-0.39, 0.29) is 37.5 Å². The second-order valence-electron chi connectivity index (χ2n) is 19.2. The zero-order valence-electron chi connectivity index (χ0n) is 46.2. The van der Waals surface area contributed by atoms with Gasteiger partial charge in [-0.2, -0.15) is 0 Å². The Hall–Kier alpha value is -3.93. The minimum absolute atomic E-state index is 0.110. The molecule has 0 saturated carbocycles. The number of hydrogen-bond acceptors (Lipinski definition) is 6. The highest BCUT2D eigenvalue weighted by Gasteiger charge is 2.19.